The van der Waals surface area contributed by atoms with Crippen LogP contribution in [0.1, 0.15) is 24.7 Å². The number of aryl methyl sites for hydroxylation is 1. The number of alkyl halides is 3. The number of aromatic nitrogens is 3. The Balaban J connectivity index is 2.37. The molecule has 1 aromatic carbocycles. The third-order valence-electron chi connectivity index (χ3n) is 3.63. The zero-order valence-corrected chi connectivity index (χ0v) is 12.6. The Morgan fingerprint density at radius 1 is 1.35 bits per heavy atom. The van der Waals surface area contributed by atoms with Gasteiger partial charge in [0.05, 0.1) is 18.2 Å². The average Bonchev–Trinajstić information content (AvgIpc) is 2.87. The molecule has 2 rings (SSSR count). The lowest BCUT2D eigenvalue weighted by Gasteiger charge is -2.29. The summed E-state index contributed by atoms with van der Waals surface area (Å²) < 4.78 is 40.0. The minimum atomic E-state index is -4.76. The first kappa shape index (κ1) is 17.0. The van der Waals surface area contributed by atoms with Gasteiger partial charge < -0.3 is 5.11 Å². The summed E-state index contributed by atoms with van der Waals surface area (Å²) in [6, 6.07) is 8.43. The molecule has 1 atom stereocenters. The molecule has 0 spiro atoms. The molecule has 0 radical (unpaired) electrons. The fourth-order valence-corrected chi connectivity index (χ4v) is 2.07. The summed E-state index contributed by atoms with van der Waals surface area (Å²) in [6.45, 7) is 2.04. The van der Waals surface area contributed by atoms with E-state index in [-0.39, 0.29) is 11.6 Å². The molecule has 0 bridgehead atoms. The Morgan fingerprint density at radius 2 is 2.04 bits per heavy atom. The van der Waals surface area contributed by atoms with Gasteiger partial charge in [-0.1, -0.05) is 19.1 Å². The number of rotatable bonds is 4. The summed E-state index contributed by atoms with van der Waals surface area (Å²) in [6.07, 6.45) is -5.25. The number of hydrogen-bond donors (Lipinski definition) is 1. The van der Waals surface area contributed by atoms with Crippen molar-refractivity contribution >= 4 is 0 Å². The van der Waals surface area contributed by atoms with E-state index in [9.17, 15) is 18.3 Å². The third kappa shape index (κ3) is 3.35. The first-order valence-electron chi connectivity index (χ1n) is 6.91. The third-order valence-corrected chi connectivity index (χ3v) is 3.63. The number of halogens is 3. The van der Waals surface area contributed by atoms with Crippen molar-refractivity contribution in [3.8, 4) is 17.5 Å². The molecule has 1 unspecified atom stereocenters. The summed E-state index contributed by atoms with van der Waals surface area (Å²) in [5.74, 6) is 0.457. The van der Waals surface area contributed by atoms with Crippen LogP contribution in [0.25, 0.3) is 11.4 Å². The molecule has 1 aromatic heterocycles. The van der Waals surface area contributed by atoms with Crippen molar-refractivity contribution in [3.63, 3.8) is 0 Å². The highest BCUT2D eigenvalue weighted by Crippen LogP contribution is 2.34. The van der Waals surface area contributed by atoms with Gasteiger partial charge in [-0.3, -0.25) is 0 Å². The van der Waals surface area contributed by atoms with E-state index in [1.807, 2.05) is 6.07 Å². The maximum Gasteiger partial charge on any atom is 0.419 e. The predicted octanol–water partition coefficient (Wildman–Crippen LogP) is 2.83. The van der Waals surface area contributed by atoms with Crippen molar-refractivity contribution in [2.24, 2.45) is 0 Å². The molecule has 0 aliphatic carbocycles. The maximum atomic E-state index is 13.0. The molecule has 0 fully saturated rings. The van der Waals surface area contributed by atoms with Gasteiger partial charge in [-0.15, -0.1) is 0 Å². The molecule has 5 nitrogen and oxygen atoms in total. The minimum Gasteiger partial charge on any atom is -0.379 e. The zero-order valence-electron chi connectivity index (χ0n) is 12.6. The Hall–Kier alpha value is -2.40. The molecule has 0 saturated heterocycles. The fraction of sp³-hybridized carbons (Fsp3) is 0.400. The molecule has 2 aromatic rings. The molecular formula is C15H15F3N4O. The quantitative estimate of drug-likeness (QED) is 0.938. The van der Waals surface area contributed by atoms with Gasteiger partial charge in [-0.25, -0.2) is 9.67 Å². The van der Waals surface area contributed by atoms with Crippen LogP contribution in [0.5, 0.6) is 0 Å². The normalized spacial score (nSPS) is 14.3. The van der Waals surface area contributed by atoms with Gasteiger partial charge in [0.1, 0.15) is 5.82 Å². The molecule has 8 heteroatoms. The van der Waals surface area contributed by atoms with E-state index in [2.05, 4.69) is 10.1 Å². The van der Waals surface area contributed by atoms with Crippen LogP contribution in [-0.2, 0) is 6.54 Å². The summed E-state index contributed by atoms with van der Waals surface area (Å²) in [7, 11) is 0. The van der Waals surface area contributed by atoms with E-state index in [4.69, 9.17) is 5.26 Å². The summed E-state index contributed by atoms with van der Waals surface area (Å²) >= 11 is 0. The Labute approximate surface area is 131 Å². The number of hydrogen-bond acceptors (Lipinski definition) is 4. The second-order valence-electron chi connectivity index (χ2n) is 5.22. The van der Waals surface area contributed by atoms with Crippen molar-refractivity contribution < 1.29 is 18.3 Å². The largest absolute Gasteiger partial charge is 0.419 e. The predicted molar refractivity (Wildman–Crippen MR) is 76.2 cm³/mol. The van der Waals surface area contributed by atoms with Crippen LogP contribution in [-0.4, -0.2) is 31.6 Å². The zero-order chi connectivity index (χ0) is 17.3. The molecule has 1 heterocycles. The molecule has 0 saturated carbocycles. The van der Waals surface area contributed by atoms with Gasteiger partial charge in [0, 0.05) is 5.56 Å². The van der Waals surface area contributed by atoms with Gasteiger partial charge in [0.2, 0.25) is 0 Å². The molecule has 0 amide bonds. The highest BCUT2D eigenvalue weighted by molar-refractivity contribution is 5.57. The maximum absolute atomic E-state index is 13.0. The number of nitriles is 1. The Kier molecular flexibility index (Phi) is 4.43. The summed E-state index contributed by atoms with van der Waals surface area (Å²) in [5.41, 5.74) is -1.94. The van der Waals surface area contributed by atoms with Crippen LogP contribution in [0, 0.1) is 18.3 Å². The first-order chi connectivity index (χ1) is 10.7. The Morgan fingerprint density at radius 3 is 2.61 bits per heavy atom. The lowest BCUT2D eigenvalue weighted by molar-refractivity contribution is -0.266. The van der Waals surface area contributed by atoms with Crippen LogP contribution in [0.4, 0.5) is 13.2 Å². The van der Waals surface area contributed by atoms with Gasteiger partial charge in [0.25, 0.3) is 0 Å². The Bertz CT molecular complexity index is 748. The molecule has 1 N–H and O–H groups in total. The molecule has 122 valence electrons. The fourth-order valence-electron chi connectivity index (χ4n) is 2.07. The van der Waals surface area contributed by atoms with Gasteiger partial charge in [-0.05, 0) is 25.5 Å². The van der Waals surface area contributed by atoms with E-state index in [0.717, 1.165) is 4.68 Å². The molecule has 0 aliphatic rings. The standard InChI is InChI=1S/C15H15F3N4O/c1-3-14(23,15(16,17)18)9-22-10(2)20-13(21-22)12-6-4-5-11(7-12)8-19/h4-7,23H,3,9H2,1-2H3. The van der Waals surface area contributed by atoms with Gasteiger partial charge in [-0.2, -0.15) is 23.5 Å². The van der Waals surface area contributed by atoms with Crippen molar-refractivity contribution in [3.05, 3.63) is 35.7 Å². The minimum absolute atomic E-state index is 0.209. The SMILES string of the molecule is CCC(O)(Cn1nc(-c2cccc(C#N)c2)nc1C)C(F)(F)F. The number of aliphatic hydroxyl groups is 1. The van der Waals surface area contributed by atoms with Crippen LogP contribution < -0.4 is 0 Å². The van der Waals surface area contributed by atoms with E-state index >= 15 is 0 Å². The highest BCUT2D eigenvalue weighted by Gasteiger charge is 2.53. The monoisotopic (exact) mass is 324 g/mol. The van der Waals surface area contributed by atoms with Crippen LogP contribution in [0.15, 0.2) is 24.3 Å². The average molecular weight is 324 g/mol. The summed E-state index contributed by atoms with van der Waals surface area (Å²) in [4.78, 5) is 4.12. The van der Waals surface area contributed by atoms with Crippen molar-refractivity contribution in [2.75, 3.05) is 0 Å². The first-order valence-corrected chi connectivity index (χ1v) is 6.91. The number of nitrogens with zero attached hydrogens (tertiary/aromatic N) is 4. The van der Waals surface area contributed by atoms with E-state index in [1.54, 1.807) is 24.3 Å². The topological polar surface area (TPSA) is 74.7 Å². The van der Waals surface area contributed by atoms with Crippen LogP contribution >= 0.6 is 0 Å². The van der Waals surface area contributed by atoms with Gasteiger partial charge in [0.15, 0.2) is 11.4 Å². The van der Waals surface area contributed by atoms with E-state index in [1.165, 1.54) is 13.8 Å². The highest BCUT2D eigenvalue weighted by atomic mass is 19.4. The molecule has 0 aliphatic heterocycles. The number of benzene rings is 1. The molecule has 23 heavy (non-hydrogen) atoms. The second kappa shape index (κ2) is 6.01. The second-order valence-corrected chi connectivity index (χ2v) is 5.22. The van der Waals surface area contributed by atoms with Crippen LogP contribution in [0.2, 0.25) is 0 Å². The molecular weight excluding hydrogens is 309 g/mol. The van der Waals surface area contributed by atoms with Crippen molar-refractivity contribution in [1.29, 1.82) is 5.26 Å². The van der Waals surface area contributed by atoms with Crippen molar-refractivity contribution in [1.82, 2.24) is 14.8 Å². The summed E-state index contributed by atoms with van der Waals surface area (Å²) in [5, 5.41) is 22.8. The van der Waals surface area contributed by atoms with Crippen LogP contribution in [0.3, 0.4) is 0 Å². The smallest absolute Gasteiger partial charge is 0.379 e. The lowest BCUT2D eigenvalue weighted by Crippen LogP contribution is -2.48. The van der Waals surface area contributed by atoms with E-state index < -0.39 is 24.7 Å². The lowest BCUT2D eigenvalue weighted by atomic mass is 10.0. The van der Waals surface area contributed by atoms with Gasteiger partial charge >= 0.3 is 6.18 Å². The van der Waals surface area contributed by atoms with E-state index in [0.29, 0.717) is 11.1 Å². The van der Waals surface area contributed by atoms with Crippen molar-refractivity contribution in [2.45, 2.75) is 38.6 Å².